The zero-order chi connectivity index (χ0) is 14.8. The zero-order valence-corrected chi connectivity index (χ0v) is 12.3. The van der Waals surface area contributed by atoms with Gasteiger partial charge in [0, 0.05) is 4.90 Å². The van der Waals surface area contributed by atoms with Gasteiger partial charge in [-0.1, -0.05) is 6.07 Å². The lowest BCUT2D eigenvalue weighted by molar-refractivity contribution is 0.0527. The molecule has 110 valence electrons. The maximum atomic E-state index is 11.8. The third kappa shape index (κ3) is 2.85. The van der Waals surface area contributed by atoms with Crippen LogP contribution in [0.5, 0.6) is 0 Å². The molecule has 1 aliphatic carbocycles. The van der Waals surface area contributed by atoms with E-state index in [1.165, 1.54) is 11.8 Å². The van der Waals surface area contributed by atoms with Crippen molar-refractivity contribution in [2.45, 2.75) is 35.9 Å². The van der Waals surface area contributed by atoms with Crippen molar-refractivity contribution < 1.29 is 9.53 Å². The number of carbonyl (C=O) groups is 1. The van der Waals surface area contributed by atoms with E-state index in [0.29, 0.717) is 29.1 Å². The molecule has 0 bridgehead atoms. The fraction of sp³-hybridized carbons (Fsp3) is 0.385. The lowest BCUT2D eigenvalue weighted by atomic mass is 10.2. The molecule has 0 spiro atoms. The minimum Gasteiger partial charge on any atom is -0.462 e. The van der Waals surface area contributed by atoms with Crippen LogP contribution in [0.4, 0.5) is 5.69 Å². The Hall–Kier alpha value is -2.09. The van der Waals surface area contributed by atoms with Crippen molar-refractivity contribution >= 4 is 23.4 Å². The summed E-state index contributed by atoms with van der Waals surface area (Å²) in [5.41, 5.74) is 6.84. The first kappa shape index (κ1) is 13.9. The van der Waals surface area contributed by atoms with Crippen LogP contribution in [-0.4, -0.2) is 32.8 Å². The highest BCUT2D eigenvalue weighted by molar-refractivity contribution is 7.99. The summed E-state index contributed by atoms with van der Waals surface area (Å²) < 4.78 is 6.80. The summed E-state index contributed by atoms with van der Waals surface area (Å²) in [6.45, 7) is 2.08. The first-order valence-electron chi connectivity index (χ1n) is 6.72. The van der Waals surface area contributed by atoms with E-state index in [1.807, 2.05) is 6.07 Å². The molecule has 7 nitrogen and oxygen atoms in total. The van der Waals surface area contributed by atoms with E-state index in [9.17, 15) is 4.79 Å². The van der Waals surface area contributed by atoms with E-state index in [2.05, 4.69) is 15.5 Å². The summed E-state index contributed by atoms with van der Waals surface area (Å²) in [6.07, 6.45) is 2.19. The maximum absolute atomic E-state index is 11.8. The third-order valence-corrected chi connectivity index (χ3v) is 4.15. The molecule has 0 amide bonds. The average Bonchev–Trinajstić information content (AvgIpc) is 3.21. The molecule has 21 heavy (non-hydrogen) atoms. The van der Waals surface area contributed by atoms with E-state index in [4.69, 9.17) is 10.5 Å². The van der Waals surface area contributed by atoms with Crippen molar-refractivity contribution in [3.8, 4) is 0 Å². The number of anilines is 1. The normalized spacial score (nSPS) is 14.1. The number of benzene rings is 1. The zero-order valence-electron chi connectivity index (χ0n) is 11.5. The highest BCUT2D eigenvalue weighted by Crippen LogP contribution is 2.39. The monoisotopic (exact) mass is 305 g/mol. The maximum Gasteiger partial charge on any atom is 0.340 e. The van der Waals surface area contributed by atoms with Crippen molar-refractivity contribution in [2.24, 2.45) is 0 Å². The number of esters is 1. The molecule has 0 aliphatic heterocycles. The molecule has 0 unspecified atom stereocenters. The molecule has 1 aromatic carbocycles. The fourth-order valence-corrected chi connectivity index (χ4v) is 2.84. The number of nitrogen functional groups attached to an aromatic ring is 1. The van der Waals surface area contributed by atoms with Gasteiger partial charge in [-0.2, -0.15) is 0 Å². The van der Waals surface area contributed by atoms with Crippen LogP contribution in [0.1, 0.15) is 36.2 Å². The van der Waals surface area contributed by atoms with Gasteiger partial charge < -0.3 is 10.5 Å². The molecule has 0 atom stereocenters. The highest BCUT2D eigenvalue weighted by Gasteiger charge is 2.28. The quantitative estimate of drug-likeness (QED) is 0.666. The van der Waals surface area contributed by atoms with Crippen LogP contribution < -0.4 is 5.73 Å². The molecule has 3 rings (SSSR count). The number of carbonyl (C=O) groups excluding carboxylic acids is 1. The number of hydrogen-bond donors (Lipinski definition) is 1. The van der Waals surface area contributed by atoms with Gasteiger partial charge in [0.25, 0.3) is 0 Å². The summed E-state index contributed by atoms with van der Waals surface area (Å²) in [7, 11) is 0. The second kappa shape index (κ2) is 5.72. The molecule has 1 aromatic heterocycles. The van der Waals surface area contributed by atoms with Crippen LogP contribution in [-0.2, 0) is 4.74 Å². The lowest BCUT2D eigenvalue weighted by Gasteiger charge is -2.09. The van der Waals surface area contributed by atoms with Crippen LogP contribution in [0.25, 0.3) is 0 Å². The Morgan fingerprint density at radius 3 is 3.05 bits per heavy atom. The van der Waals surface area contributed by atoms with Crippen LogP contribution in [0.15, 0.2) is 28.3 Å². The predicted octanol–water partition coefficient (Wildman–Crippen LogP) is 1.92. The number of ether oxygens (including phenoxy) is 1. The smallest absolute Gasteiger partial charge is 0.340 e. The number of hydrogen-bond acceptors (Lipinski definition) is 7. The van der Waals surface area contributed by atoms with Crippen molar-refractivity contribution in [1.29, 1.82) is 0 Å². The second-order valence-electron chi connectivity index (χ2n) is 4.68. The average molecular weight is 305 g/mol. The summed E-state index contributed by atoms with van der Waals surface area (Å²) in [6, 6.07) is 5.66. The third-order valence-electron chi connectivity index (χ3n) is 3.12. The molecule has 2 N–H and O–H groups in total. The number of rotatable bonds is 5. The molecular formula is C13H15N5O2S. The largest absolute Gasteiger partial charge is 0.462 e. The number of para-hydroxylation sites is 1. The van der Waals surface area contributed by atoms with Gasteiger partial charge in [-0.05, 0) is 54.1 Å². The molecule has 1 heterocycles. The highest BCUT2D eigenvalue weighted by atomic mass is 32.2. The first-order valence-corrected chi connectivity index (χ1v) is 7.53. The minimum absolute atomic E-state index is 0.315. The Labute approximate surface area is 125 Å². The van der Waals surface area contributed by atoms with E-state index >= 15 is 0 Å². The summed E-state index contributed by atoms with van der Waals surface area (Å²) in [4.78, 5) is 12.6. The number of nitrogens with two attached hydrogens (primary N) is 1. The molecule has 2 aromatic rings. The van der Waals surface area contributed by atoms with Gasteiger partial charge in [0.2, 0.25) is 5.16 Å². The van der Waals surface area contributed by atoms with Crippen LogP contribution in [0.2, 0.25) is 0 Å². The topological polar surface area (TPSA) is 95.9 Å². The summed E-state index contributed by atoms with van der Waals surface area (Å²) in [5.74, 6) is -0.417. The van der Waals surface area contributed by atoms with Gasteiger partial charge in [0.1, 0.15) is 0 Å². The Morgan fingerprint density at radius 1 is 1.52 bits per heavy atom. The van der Waals surface area contributed by atoms with E-state index < -0.39 is 5.97 Å². The SMILES string of the molecule is CCOC(=O)c1cccc(Sc2nnnn2C2CC2)c1N. The Morgan fingerprint density at radius 2 is 2.33 bits per heavy atom. The molecule has 1 saturated carbocycles. The van der Waals surface area contributed by atoms with Gasteiger partial charge in [0.15, 0.2) is 0 Å². The van der Waals surface area contributed by atoms with E-state index in [0.717, 1.165) is 17.7 Å². The van der Waals surface area contributed by atoms with Crippen molar-refractivity contribution in [3.63, 3.8) is 0 Å². The van der Waals surface area contributed by atoms with Crippen molar-refractivity contribution in [2.75, 3.05) is 12.3 Å². The summed E-state index contributed by atoms with van der Waals surface area (Å²) >= 11 is 1.36. The second-order valence-corrected chi connectivity index (χ2v) is 5.69. The van der Waals surface area contributed by atoms with Crippen LogP contribution in [0.3, 0.4) is 0 Å². The Balaban J connectivity index is 1.87. The van der Waals surface area contributed by atoms with Gasteiger partial charge in [-0.15, -0.1) is 5.10 Å². The minimum atomic E-state index is -0.417. The predicted molar refractivity (Wildman–Crippen MR) is 77.0 cm³/mol. The molecule has 1 aliphatic rings. The molecule has 0 saturated heterocycles. The van der Waals surface area contributed by atoms with Gasteiger partial charge in [-0.25, -0.2) is 9.48 Å². The van der Waals surface area contributed by atoms with Crippen LogP contribution >= 0.6 is 11.8 Å². The Bertz CT molecular complexity index is 668. The van der Waals surface area contributed by atoms with Crippen molar-refractivity contribution in [3.05, 3.63) is 23.8 Å². The molecule has 1 fully saturated rings. The molecule has 8 heteroatoms. The van der Waals surface area contributed by atoms with E-state index in [-0.39, 0.29) is 0 Å². The summed E-state index contributed by atoms with van der Waals surface area (Å²) in [5, 5.41) is 12.4. The number of tetrazole rings is 1. The number of nitrogens with zero attached hydrogens (tertiary/aromatic N) is 4. The number of aromatic nitrogens is 4. The molecular weight excluding hydrogens is 290 g/mol. The Kier molecular flexibility index (Phi) is 3.78. The van der Waals surface area contributed by atoms with E-state index in [1.54, 1.807) is 23.7 Å². The molecule has 0 radical (unpaired) electrons. The van der Waals surface area contributed by atoms with Crippen LogP contribution in [0, 0.1) is 0 Å². The standard InChI is InChI=1S/C13H15N5O2S/c1-2-20-12(19)9-4-3-5-10(11(9)14)21-13-15-16-17-18(13)8-6-7-8/h3-5,8H,2,6-7,14H2,1H3. The van der Waals surface area contributed by atoms with Gasteiger partial charge in [-0.3, -0.25) is 0 Å². The fourth-order valence-electron chi connectivity index (χ4n) is 1.92. The van der Waals surface area contributed by atoms with Crippen molar-refractivity contribution in [1.82, 2.24) is 20.2 Å². The van der Waals surface area contributed by atoms with Gasteiger partial charge in [0.05, 0.1) is 23.9 Å². The first-order chi connectivity index (χ1) is 10.2. The van der Waals surface area contributed by atoms with Gasteiger partial charge >= 0.3 is 5.97 Å². The lowest BCUT2D eigenvalue weighted by Crippen LogP contribution is -2.08.